The maximum atomic E-state index is 5.31. The Bertz CT molecular complexity index is 3590. The minimum atomic E-state index is 0.643. The number of fused-ring (bicyclic) bond motifs is 12. The van der Waals surface area contributed by atoms with Gasteiger partial charge in [0.1, 0.15) is 0 Å². The topological polar surface area (TPSA) is 38.7 Å². The van der Waals surface area contributed by atoms with Gasteiger partial charge in [-0.1, -0.05) is 146 Å². The second kappa shape index (κ2) is 12.6. The second-order valence-electron chi connectivity index (χ2n) is 14.7. The van der Waals surface area contributed by atoms with Crippen LogP contribution in [0.2, 0.25) is 0 Å². The first-order chi connectivity index (χ1) is 28.2. The first-order valence-electron chi connectivity index (χ1n) is 19.3. The quantitative estimate of drug-likeness (QED) is 0.169. The van der Waals surface area contributed by atoms with Crippen LogP contribution in [0.3, 0.4) is 0 Å². The number of nitrogens with zero attached hydrogens (tertiary/aromatic N) is 3. The molecule has 264 valence electrons. The second-order valence-corrected chi connectivity index (χ2v) is 15.8. The number of hydrogen-bond donors (Lipinski definition) is 0. The van der Waals surface area contributed by atoms with E-state index >= 15 is 0 Å². The molecule has 0 unspecified atom stereocenters. The van der Waals surface area contributed by atoms with E-state index in [4.69, 9.17) is 15.0 Å². The summed E-state index contributed by atoms with van der Waals surface area (Å²) in [5, 5.41) is 14.8. The third-order valence-corrected chi connectivity index (χ3v) is 12.6. The summed E-state index contributed by atoms with van der Waals surface area (Å²) in [4.78, 5) is 15.8. The lowest BCUT2D eigenvalue weighted by atomic mass is 9.93. The van der Waals surface area contributed by atoms with E-state index in [-0.39, 0.29) is 0 Å². The molecule has 2 heterocycles. The fourth-order valence-electron chi connectivity index (χ4n) is 8.78. The summed E-state index contributed by atoms with van der Waals surface area (Å²) in [5.74, 6) is 1.95. The van der Waals surface area contributed by atoms with Crippen LogP contribution in [0.4, 0.5) is 0 Å². The van der Waals surface area contributed by atoms with Crippen LogP contribution >= 0.6 is 11.3 Å². The van der Waals surface area contributed by atoms with Gasteiger partial charge in [-0.05, 0) is 107 Å². The van der Waals surface area contributed by atoms with E-state index in [0.29, 0.717) is 17.5 Å². The molecule has 12 aromatic rings. The summed E-state index contributed by atoms with van der Waals surface area (Å²) >= 11 is 1.84. The van der Waals surface area contributed by atoms with Gasteiger partial charge in [0.2, 0.25) is 0 Å². The third kappa shape index (κ3) is 5.15. The van der Waals surface area contributed by atoms with Gasteiger partial charge in [0.05, 0.1) is 0 Å². The fraction of sp³-hybridized carbons (Fsp3) is 0. The van der Waals surface area contributed by atoms with Crippen LogP contribution in [0.25, 0.3) is 119 Å². The minimum Gasteiger partial charge on any atom is -0.208 e. The largest absolute Gasteiger partial charge is 0.208 e. The van der Waals surface area contributed by atoms with E-state index in [1.165, 1.54) is 63.3 Å². The third-order valence-electron chi connectivity index (χ3n) is 11.5. The number of benzene rings is 10. The smallest absolute Gasteiger partial charge is 0.164 e. The molecule has 0 atom stereocenters. The lowest BCUT2D eigenvalue weighted by molar-refractivity contribution is 1.08. The van der Waals surface area contributed by atoms with Crippen molar-refractivity contribution in [1.29, 1.82) is 0 Å². The normalized spacial score (nSPS) is 11.9. The maximum Gasteiger partial charge on any atom is 0.164 e. The highest BCUT2D eigenvalue weighted by Crippen LogP contribution is 2.43. The summed E-state index contributed by atoms with van der Waals surface area (Å²) in [6, 6.07) is 67.4. The molecular weight excluding hydrogens is 711 g/mol. The summed E-state index contributed by atoms with van der Waals surface area (Å²) < 4.78 is 2.51. The summed E-state index contributed by atoms with van der Waals surface area (Å²) in [6.45, 7) is 0. The van der Waals surface area contributed by atoms with Crippen molar-refractivity contribution in [3.05, 3.63) is 188 Å². The van der Waals surface area contributed by atoms with Gasteiger partial charge < -0.3 is 0 Å². The van der Waals surface area contributed by atoms with Crippen LogP contribution in [0, 0.1) is 0 Å². The van der Waals surface area contributed by atoms with Crippen LogP contribution in [0.5, 0.6) is 0 Å². The van der Waals surface area contributed by atoms with Gasteiger partial charge in [0.15, 0.2) is 17.5 Å². The van der Waals surface area contributed by atoms with Gasteiger partial charge in [-0.3, -0.25) is 0 Å². The molecule has 10 aromatic carbocycles. The fourth-order valence-corrected chi connectivity index (χ4v) is 9.88. The highest BCUT2D eigenvalue weighted by atomic mass is 32.1. The van der Waals surface area contributed by atoms with Gasteiger partial charge in [-0.15, -0.1) is 11.3 Å². The lowest BCUT2D eigenvalue weighted by Gasteiger charge is -2.13. The molecular formula is C53H31N3S. The summed E-state index contributed by atoms with van der Waals surface area (Å²) in [5.41, 5.74) is 5.16. The van der Waals surface area contributed by atoms with Crippen molar-refractivity contribution < 1.29 is 0 Å². The van der Waals surface area contributed by atoms with Gasteiger partial charge in [0.25, 0.3) is 0 Å². The Morgan fingerprint density at radius 1 is 0.263 bits per heavy atom. The van der Waals surface area contributed by atoms with Crippen LogP contribution < -0.4 is 0 Å². The molecule has 0 N–H and O–H groups in total. The Morgan fingerprint density at radius 2 is 0.772 bits per heavy atom. The highest BCUT2D eigenvalue weighted by Gasteiger charge is 2.18. The molecule has 0 aliphatic heterocycles. The van der Waals surface area contributed by atoms with E-state index in [1.807, 2.05) is 17.4 Å². The molecule has 0 fully saturated rings. The predicted octanol–water partition coefficient (Wildman–Crippen LogP) is 14.7. The highest BCUT2D eigenvalue weighted by molar-refractivity contribution is 7.25. The first kappa shape index (κ1) is 32.0. The van der Waals surface area contributed by atoms with E-state index in [0.717, 1.165) is 38.6 Å². The Morgan fingerprint density at radius 3 is 1.49 bits per heavy atom. The molecule has 0 aliphatic rings. The number of aromatic nitrogens is 3. The lowest BCUT2D eigenvalue weighted by Crippen LogP contribution is -2.01. The van der Waals surface area contributed by atoms with E-state index in [9.17, 15) is 0 Å². The van der Waals surface area contributed by atoms with Gasteiger partial charge in [-0.2, -0.15) is 0 Å². The molecule has 0 spiro atoms. The first-order valence-corrected chi connectivity index (χ1v) is 20.1. The molecule has 0 amide bonds. The molecule has 2 aromatic heterocycles. The molecule has 0 saturated carbocycles. The average molecular weight is 742 g/mol. The molecule has 12 rings (SSSR count). The van der Waals surface area contributed by atoms with Gasteiger partial charge in [0, 0.05) is 36.9 Å². The van der Waals surface area contributed by atoms with Crippen molar-refractivity contribution in [2.45, 2.75) is 0 Å². The molecule has 0 aliphatic carbocycles. The Balaban J connectivity index is 1.10. The number of hydrogen-bond acceptors (Lipinski definition) is 4. The Hall–Kier alpha value is -7.27. The van der Waals surface area contributed by atoms with Crippen LogP contribution in [-0.2, 0) is 0 Å². The van der Waals surface area contributed by atoms with Crippen molar-refractivity contribution in [2.75, 3.05) is 0 Å². The number of thiophene rings is 1. The SMILES string of the molecule is c1ccc(-c2cccc(-c3nc(-c4ccc5sc6cc7c8ccccc8c8ccccc8c7cc6c5c4)nc(-c4cc5ccccc5c5ccccc45)n3)c2)cc1. The minimum absolute atomic E-state index is 0.643. The van der Waals surface area contributed by atoms with Gasteiger partial charge in [-0.25, -0.2) is 15.0 Å². The van der Waals surface area contributed by atoms with Crippen molar-refractivity contribution in [3.8, 4) is 45.3 Å². The molecule has 0 radical (unpaired) electrons. The monoisotopic (exact) mass is 741 g/mol. The molecule has 4 heteroatoms. The summed E-state index contributed by atoms with van der Waals surface area (Å²) in [7, 11) is 0. The van der Waals surface area contributed by atoms with E-state index in [1.54, 1.807) is 0 Å². The Kier molecular flexibility index (Phi) is 7.10. The van der Waals surface area contributed by atoms with E-state index in [2.05, 4.69) is 182 Å². The molecule has 57 heavy (non-hydrogen) atoms. The van der Waals surface area contributed by atoms with Crippen LogP contribution in [-0.4, -0.2) is 15.0 Å². The number of rotatable bonds is 4. The van der Waals surface area contributed by atoms with Crippen molar-refractivity contribution in [1.82, 2.24) is 15.0 Å². The zero-order chi connectivity index (χ0) is 37.5. The standard InChI is InChI=1S/C53H31N3S/c1-2-13-32(14-3-1)33-16-12-17-35(27-33)51-54-52(56-53(55-51)48-28-34-15-4-5-18-37(34)38-19-6-11-24-43(38)48)36-25-26-49-46(29-36)47-30-44-41-22-9-7-20-39(41)40-21-8-10-23-42(40)45(44)31-50(47)57-49/h1-31H. The summed E-state index contributed by atoms with van der Waals surface area (Å²) in [6.07, 6.45) is 0. The van der Waals surface area contributed by atoms with Gasteiger partial charge >= 0.3 is 0 Å². The van der Waals surface area contributed by atoms with Crippen LogP contribution in [0.15, 0.2) is 188 Å². The van der Waals surface area contributed by atoms with E-state index < -0.39 is 0 Å². The van der Waals surface area contributed by atoms with Crippen molar-refractivity contribution >= 4 is 85.4 Å². The molecule has 3 nitrogen and oxygen atoms in total. The Labute approximate surface area is 332 Å². The molecule has 0 saturated heterocycles. The zero-order valence-electron chi connectivity index (χ0n) is 30.6. The van der Waals surface area contributed by atoms with Crippen molar-refractivity contribution in [2.24, 2.45) is 0 Å². The van der Waals surface area contributed by atoms with Crippen LogP contribution in [0.1, 0.15) is 0 Å². The average Bonchev–Trinajstić information content (AvgIpc) is 3.65. The predicted molar refractivity (Wildman–Crippen MR) is 242 cm³/mol. The zero-order valence-corrected chi connectivity index (χ0v) is 31.5. The maximum absolute atomic E-state index is 5.31. The van der Waals surface area contributed by atoms with Crippen molar-refractivity contribution in [3.63, 3.8) is 0 Å². The molecule has 0 bridgehead atoms.